The van der Waals surface area contributed by atoms with Crippen LogP contribution in [0.15, 0.2) is 249 Å². The van der Waals surface area contributed by atoms with E-state index < -0.39 is 25.6 Å². The topological polar surface area (TPSA) is 61.8 Å². The monoisotopic (exact) mass is 900 g/mol. The van der Waals surface area contributed by atoms with Crippen LogP contribution in [0.3, 0.4) is 0 Å². The third-order valence-electron chi connectivity index (χ3n) is 12.7. The van der Waals surface area contributed by atoms with Gasteiger partial charge in [0.25, 0.3) is 0 Å². The van der Waals surface area contributed by atoms with Gasteiger partial charge in [0.05, 0.1) is 0 Å². The fourth-order valence-corrected chi connectivity index (χ4v) is 20.7. The zero-order valence-corrected chi connectivity index (χ0v) is 38.9. The molecule has 0 aliphatic carbocycles. The zero-order valence-electron chi connectivity index (χ0n) is 37.1. The first-order valence-corrected chi connectivity index (χ1v) is 26.2. The summed E-state index contributed by atoms with van der Waals surface area (Å²) in [5.41, 5.74) is 2.14. The van der Waals surface area contributed by atoms with Crippen LogP contribution in [0.25, 0.3) is 0 Å². The molecule has 0 radical (unpaired) electrons. The first-order valence-electron chi connectivity index (χ1n) is 21.9. The fraction of sp³-hybridized carbons (Fsp3) is 0.0508. The number of rotatable bonds is 13. The second-order valence-corrected chi connectivity index (χ2v) is 25.1. The summed E-state index contributed by atoms with van der Waals surface area (Å²) in [6.45, 7) is -5.04. The van der Waals surface area contributed by atoms with Gasteiger partial charge in [-0.3, -0.25) is 0 Å². The van der Waals surface area contributed by atoms with E-state index in [0.29, 0.717) is 5.75 Å². The first-order chi connectivity index (χ1) is 32.2. The van der Waals surface area contributed by atoms with Crippen LogP contribution in [0, 0.1) is 13.8 Å². The molecule has 9 aromatic carbocycles. The van der Waals surface area contributed by atoms with Crippen molar-refractivity contribution in [3.8, 4) is 5.75 Å². The van der Waals surface area contributed by atoms with Gasteiger partial charge in [0.2, 0.25) is 0 Å². The summed E-state index contributed by atoms with van der Waals surface area (Å²) in [5, 5.41) is 6.52. The second-order valence-electron chi connectivity index (χ2n) is 16.4. The third-order valence-corrected chi connectivity index (χ3v) is 24.1. The van der Waals surface area contributed by atoms with Crippen LogP contribution in [-0.2, 0) is 9.05 Å². The summed E-state index contributed by atoms with van der Waals surface area (Å²) in [6.07, 6.45) is 0. The molecule has 0 saturated carbocycles. The Morgan fingerprint density at radius 2 is 0.576 bits per heavy atom. The first kappa shape index (κ1) is 43.8. The Bertz CT molecular complexity index is 2910. The summed E-state index contributed by atoms with van der Waals surface area (Å²) in [5.74, 6) is -1.04. The van der Waals surface area contributed by atoms with Crippen LogP contribution in [-0.4, -0.2) is 19.0 Å². The third kappa shape index (κ3) is 6.86. The molecule has 0 saturated heterocycles. The van der Waals surface area contributed by atoms with Gasteiger partial charge >= 0.3 is 389 Å². The maximum atomic E-state index is 16.1. The van der Waals surface area contributed by atoms with E-state index in [9.17, 15) is 0 Å². The van der Waals surface area contributed by atoms with Crippen LogP contribution in [0.5, 0.6) is 5.75 Å². The van der Waals surface area contributed by atoms with Gasteiger partial charge in [-0.1, -0.05) is 0 Å². The predicted octanol–water partition coefficient (Wildman–Crippen LogP) is 10.2. The molecular weight excluding hydrogens is 851 g/mol. The number of methoxy groups -OCH3 is 1. The van der Waals surface area contributed by atoms with Crippen molar-refractivity contribution in [1.29, 1.82) is 0 Å². The van der Waals surface area contributed by atoms with E-state index in [1.165, 1.54) is 7.11 Å². The molecule has 0 aliphatic rings. The molecule has 9 rings (SSSR count). The number of hydrogen-bond acceptors (Lipinski definition) is 5. The fourth-order valence-electron chi connectivity index (χ4n) is 9.57. The number of ether oxygens (including phenoxy) is 1. The molecule has 0 aliphatic heterocycles. The van der Waals surface area contributed by atoms with Gasteiger partial charge in [0.15, 0.2) is 0 Å². The summed E-state index contributed by atoms with van der Waals surface area (Å²) >= 11 is 0. The molecule has 0 unspecified atom stereocenters. The van der Waals surface area contributed by atoms with Gasteiger partial charge in [-0.05, 0) is 0 Å². The number of hydrogen-bond donors (Lipinski definition) is 0. The maximum absolute atomic E-state index is 16.1. The van der Waals surface area contributed by atoms with Crippen molar-refractivity contribution in [1.82, 2.24) is 0 Å². The standard InChI is InChI=1S/C59H50O5P2/c1-45-34-39-54(40-35-45)65(48-22-10-4-11-23-48,49-24-12-5-13-25-49,50-26-14-6-15-27-50)63-58(60)56-43-38-47(62-3)44-57(56)59(61)64-66(51-28-16-7-17-29-51,52-30-18-8-19-31-52,53-32-20-9-21-33-53)55-41-36-46(2)37-42-55/h4-44H,1-3H3. The zero-order chi connectivity index (χ0) is 45.7. The molecule has 326 valence electrons. The Hall–Kier alpha value is -7.42. The number of carbonyl (C=O) groups excluding carboxylic acids is 2. The van der Waals surface area contributed by atoms with Crippen molar-refractivity contribution in [2.45, 2.75) is 13.8 Å². The molecule has 5 nitrogen and oxygen atoms in total. The van der Waals surface area contributed by atoms with Gasteiger partial charge in [0, 0.05) is 0 Å². The van der Waals surface area contributed by atoms with Crippen molar-refractivity contribution >= 4 is 68.0 Å². The van der Waals surface area contributed by atoms with E-state index in [1.807, 2.05) is 196 Å². The van der Waals surface area contributed by atoms with Crippen LogP contribution >= 0.6 is 13.7 Å². The van der Waals surface area contributed by atoms with Crippen molar-refractivity contribution in [2.75, 3.05) is 7.11 Å². The average Bonchev–Trinajstić information content (AvgIpc) is 3.39. The molecule has 0 atom stereocenters. The Kier molecular flexibility index (Phi) is 11.9. The van der Waals surface area contributed by atoms with Gasteiger partial charge in [0.1, 0.15) is 0 Å². The van der Waals surface area contributed by atoms with Crippen LogP contribution in [0.2, 0.25) is 0 Å². The van der Waals surface area contributed by atoms with Crippen molar-refractivity contribution in [2.24, 2.45) is 0 Å². The molecular formula is C59H50O5P2. The van der Waals surface area contributed by atoms with Crippen LogP contribution < -0.4 is 47.2 Å². The molecule has 9 aromatic rings. The molecule has 0 heterocycles. The summed E-state index contributed by atoms with van der Waals surface area (Å²) in [7, 11) is 1.54. The predicted molar refractivity (Wildman–Crippen MR) is 276 cm³/mol. The molecule has 0 bridgehead atoms. The molecule has 0 N–H and O–H groups in total. The average molecular weight is 901 g/mol. The Balaban J connectivity index is 1.34. The van der Waals surface area contributed by atoms with E-state index in [-0.39, 0.29) is 11.1 Å². The van der Waals surface area contributed by atoms with Gasteiger partial charge < -0.3 is 0 Å². The van der Waals surface area contributed by atoms with E-state index in [1.54, 1.807) is 18.2 Å². The van der Waals surface area contributed by atoms with E-state index >= 15 is 9.59 Å². The van der Waals surface area contributed by atoms with Gasteiger partial charge in [-0.15, -0.1) is 0 Å². The number of carbonyl (C=O) groups is 2. The van der Waals surface area contributed by atoms with Crippen LogP contribution in [0.1, 0.15) is 31.8 Å². The SMILES string of the molecule is COc1ccc(C(=O)OP(c2ccccc2)(c2ccccc2)(c2ccccc2)c2ccc(C)cc2)c(C(=O)OP(c2ccccc2)(c2ccccc2)(c2ccccc2)c2ccc(C)cc2)c1. The molecule has 0 spiro atoms. The van der Waals surface area contributed by atoms with Crippen LogP contribution in [0.4, 0.5) is 0 Å². The minimum absolute atomic E-state index is 0.00189. The van der Waals surface area contributed by atoms with Gasteiger partial charge in [-0.2, -0.15) is 0 Å². The minimum atomic E-state index is -4.57. The van der Waals surface area contributed by atoms with Crippen molar-refractivity contribution < 1.29 is 23.4 Å². The normalized spacial score (nSPS) is 12.7. The van der Waals surface area contributed by atoms with Crippen molar-refractivity contribution in [3.63, 3.8) is 0 Å². The number of benzene rings is 9. The molecule has 0 aromatic heterocycles. The van der Waals surface area contributed by atoms with E-state index in [4.69, 9.17) is 13.8 Å². The summed E-state index contributed by atoms with van der Waals surface area (Å²) < 4.78 is 21.1. The van der Waals surface area contributed by atoms with Gasteiger partial charge in [-0.25, -0.2) is 0 Å². The summed E-state index contributed by atoms with van der Waals surface area (Å²) in [4.78, 5) is 32.2. The molecule has 7 heteroatoms. The molecule has 0 fully saturated rings. The Morgan fingerprint density at radius 3 is 0.848 bits per heavy atom. The van der Waals surface area contributed by atoms with E-state index in [2.05, 4.69) is 48.5 Å². The second kappa shape index (κ2) is 17.9. The van der Waals surface area contributed by atoms with E-state index in [0.717, 1.165) is 53.6 Å². The Morgan fingerprint density at radius 1 is 0.318 bits per heavy atom. The summed E-state index contributed by atoms with van der Waals surface area (Å²) in [6, 6.07) is 81.4. The Labute approximate surface area is 387 Å². The molecule has 0 amide bonds. The quantitative estimate of drug-likeness (QED) is 0.108. The van der Waals surface area contributed by atoms with Crippen molar-refractivity contribution in [3.05, 3.63) is 271 Å². The number of aryl methyl sites for hydroxylation is 2. The molecule has 66 heavy (non-hydrogen) atoms.